The average Bonchev–Trinajstić information content (AvgIpc) is 3.36. The van der Waals surface area contributed by atoms with Crippen LogP contribution in [0.4, 0.5) is 10.7 Å². The number of urea groups is 1. The van der Waals surface area contributed by atoms with E-state index in [9.17, 15) is 34.2 Å². The van der Waals surface area contributed by atoms with Crippen LogP contribution in [0.5, 0.6) is 5.75 Å². The Morgan fingerprint density at radius 2 is 1.05 bits per heavy atom. The number of carbonyl (C=O) groups excluding carboxylic acids is 3. The summed E-state index contributed by atoms with van der Waals surface area (Å²) in [5.74, 6) is -2.65. The molecule has 75 heavy (non-hydrogen) atoms. The Labute approximate surface area is 440 Å². The lowest BCUT2D eigenvalue weighted by atomic mass is 10.1. The molecule has 27 nitrogen and oxygen atoms in total. The number of likely N-dealkylation sites (N-methyl/N-ethyl adjacent to an activating group) is 1. The summed E-state index contributed by atoms with van der Waals surface area (Å²) < 4.78 is 44.2. The number of fused-ring (bicyclic) bond motifs is 1. The number of aromatic nitrogens is 2. The van der Waals surface area contributed by atoms with E-state index in [4.69, 9.17) is 61.0 Å². The van der Waals surface area contributed by atoms with Crippen molar-refractivity contribution < 1.29 is 72.1 Å². The van der Waals surface area contributed by atoms with E-state index in [0.717, 1.165) is 17.5 Å². The van der Waals surface area contributed by atoms with Crippen molar-refractivity contribution in [2.24, 2.45) is 16.5 Å². The Morgan fingerprint density at radius 3 is 1.53 bits per heavy atom. The third kappa shape index (κ3) is 30.8. The summed E-state index contributed by atoms with van der Waals surface area (Å²) in [6.07, 6.45) is 0. The zero-order chi connectivity index (χ0) is 54.3. The van der Waals surface area contributed by atoms with Gasteiger partial charge in [-0.05, 0) is 37.4 Å². The summed E-state index contributed by atoms with van der Waals surface area (Å²) in [7, 11) is 1.82. The van der Waals surface area contributed by atoms with Crippen molar-refractivity contribution >= 4 is 64.2 Å². The van der Waals surface area contributed by atoms with Gasteiger partial charge in [-0.2, -0.15) is 4.99 Å². The molecule has 11 N–H and O–H groups in total. The first-order valence-corrected chi connectivity index (χ1v) is 24.6. The van der Waals surface area contributed by atoms with E-state index in [1.807, 2.05) is 31.3 Å². The number of hydrogen-bond acceptors (Lipinski definition) is 19. The van der Waals surface area contributed by atoms with Gasteiger partial charge in [0.2, 0.25) is 11.8 Å². The van der Waals surface area contributed by atoms with Crippen LogP contribution in [-0.4, -0.2) is 244 Å². The number of benzene rings is 2. The minimum absolute atomic E-state index is 0.0135. The second-order valence-corrected chi connectivity index (χ2v) is 16.4. The number of halogens is 1. The Morgan fingerprint density at radius 1 is 0.587 bits per heavy atom. The lowest BCUT2D eigenvalue weighted by Crippen LogP contribution is -2.47. The molecule has 418 valence electrons. The molecule has 0 atom stereocenters. The van der Waals surface area contributed by atoms with Gasteiger partial charge in [0, 0.05) is 61.8 Å². The van der Waals surface area contributed by atoms with Gasteiger partial charge in [-0.25, -0.2) is 14.8 Å². The van der Waals surface area contributed by atoms with Gasteiger partial charge in [0.15, 0.2) is 5.96 Å². The van der Waals surface area contributed by atoms with Gasteiger partial charge in [-0.1, -0.05) is 23.7 Å². The second-order valence-electron chi connectivity index (χ2n) is 15.9. The second kappa shape index (κ2) is 39.3. The molecule has 28 heteroatoms. The topological polar surface area (TPSA) is 356 Å². The number of carboxylic acid groups (broad SMARTS) is 2. The number of nitrogens with two attached hydrogens (primary N) is 2. The number of rotatable bonds is 44. The molecule has 1 aromatic heterocycles. The molecule has 0 aliphatic rings. The molecule has 0 bridgehead atoms. The summed E-state index contributed by atoms with van der Waals surface area (Å²) in [5, 5.41) is 33.6. The molecule has 0 unspecified atom stereocenters. The van der Waals surface area contributed by atoms with Crippen molar-refractivity contribution in [1.29, 1.82) is 0 Å². The minimum Gasteiger partial charge on any atom is -0.491 e. The molecule has 0 saturated carbocycles. The highest BCUT2D eigenvalue weighted by atomic mass is 35.5. The maximum Gasteiger partial charge on any atom is 0.317 e. The normalized spacial score (nSPS) is 11.2. The van der Waals surface area contributed by atoms with E-state index in [1.54, 1.807) is 18.2 Å². The van der Waals surface area contributed by atoms with Crippen molar-refractivity contribution in [3.05, 3.63) is 47.5 Å². The molecule has 3 rings (SSSR count). The number of hydrogen-bond donors (Lipinski definition) is 9. The summed E-state index contributed by atoms with van der Waals surface area (Å²) in [6.45, 7) is 5.03. The number of carboxylic acids is 2. The fourth-order valence-corrected chi connectivity index (χ4v) is 6.63. The predicted molar refractivity (Wildman–Crippen MR) is 276 cm³/mol. The molecule has 0 fully saturated rings. The highest BCUT2D eigenvalue weighted by Gasteiger charge is 2.19. The molecule has 0 aliphatic heterocycles. The standard InChI is InChI=1S/C47H73ClN12O15/c1-51-7-14-68-19-20-69-15-8-52-40(61)31-59(33-42(63)64)12-13-60(34-43(65)66)32-41(62)53-9-16-70-21-22-71-17-10-54-47(67)55-11-18-72-23-24-73-25-26-74-27-28-75-37-4-2-3-35(29-37)44-38-30-36(48)5-6-39(38)56-46(57-44)58-45(49)50/h2-6,29-30,51H,7-28,31-34H2,1H3,(H,52,61)(H,53,62)(H,63,64)(H,65,66)(H2,54,55,67)(H4,49,50,56,57,58). The van der Waals surface area contributed by atoms with E-state index in [2.05, 4.69) is 41.5 Å². The van der Waals surface area contributed by atoms with E-state index >= 15 is 0 Å². The van der Waals surface area contributed by atoms with Crippen molar-refractivity contribution in [1.82, 2.24) is 46.4 Å². The molecule has 0 spiro atoms. The van der Waals surface area contributed by atoms with Crippen LogP contribution in [0.2, 0.25) is 5.02 Å². The molecule has 0 aliphatic carbocycles. The summed E-state index contributed by atoms with van der Waals surface area (Å²) in [6, 6.07) is 12.3. The molecule has 4 amide bonds. The SMILES string of the molecule is CNCCOCCOCCNC(=O)CN(CCN(CC(=O)O)CC(=O)NCCOCCOCCNC(=O)NCCOCCOCCOCCOc1cccc(-c2nc(N=C(N)N)nc3ccc(Cl)cc23)c1)CC(=O)O. The van der Waals surface area contributed by atoms with E-state index in [-0.39, 0.29) is 96.8 Å². The van der Waals surface area contributed by atoms with Gasteiger partial charge in [-0.3, -0.25) is 29.0 Å². The number of ether oxygens (including phenoxy) is 8. The maximum atomic E-state index is 12.6. The summed E-state index contributed by atoms with van der Waals surface area (Å²) >= 11 is 6.26. The van der Waals surface area contributed by atoms with Crippen LogP contribution in [0.25, 0.3) is 22.2 Å². The Bertz CT molecular complexity index is 2180. The van der Waals surface area contributed by atoms with Gasteiger partial charge in [0.25, 0.3) is 5.95 Å². The van der Waals surface area contributed by atoms with Crippen molar-refractivity contribution in [2.45, 2.75) is 0 Å². The molecular weight excluding hydrogens is 1010 g/mol. The lowest BCUT2D eigenvalue weighted by Gasteiger charge is -2.25. The van der Waals surface area contributed by atoms with Crippen molar-refractivity contribution in [3.8, 4) is 17.0 Å². The highest BCUT2D eigenvalue weighted by Crippen LogP contribution is 2.31. The quantitative estimate of drug-likeness (QED) is 0.0184. The number of amides is 4. The Kier molecular flexibility index (Phi) is 33.1. The first-order valence-electron chi connectivity index (χ1n) is 24.2. The largest absolute Gasteiger partial charge is 0.491 e. The molecule has 0 radical (unpaired) electrons. The third-order valence-corrected chi connectivity index (χ3v) is 10.1. The zero-order valence-corrected chi connectivity index (χ0v) is 43.2. The Hall–Kier alpha value is -6.11. The highest BCUT2D eigenvalue weighted by molar-refractivity contribution is 6.31. The Balaban J connectivity index is 1.13. The number of guanidine groups is 1. The first-order chi connectivity index (χ1) is 36.3. The van der Waals surface area contributed by atoms with E-state index in [0.29, 0.717) is 94.6 Å². The van der Waals surface area contributed by atoms with Gasteiger partial charge in [-0.15, -0.1) is 0 Å². The monoisotopic (exact) mass is 1080 g/mol. The molecular formula is C47H73ClN12O15. The van der Waals surface area contributed by atoms with Crippen LogP contribution in [0, 0.1) is 0 Å². The van der Waals surface area contributed by atoms with E-state index < -0.39 is 36.8 Å². The summed E-state index contributed by atoms with van der Waals surface area (Å²) in [5.41, 5.74) is 13.1. The summed E-state index contributed by atoms with van der Waals surface area (Å²) in [4.78, 5) is 75.6. The molecule has 2 aromatic carbocycles. The van der Waals surface area contributed by atoms with Crippen LogP contribution < -0.4 is 42.8 Å². The van der Waals surface area contributed by atoms with Crippen molar-refractivity contribution in [3.63, 3.8) is 0 Å². The minimum atomic E-state index is -1.18. The molecule has 1 heterocycles. The first kappa shape index (κ1) is 63.2. The molecule has 3 aromatic rings. The number of nitrogens with zero attached hydrogens (tertiary/aromatic N) is 5. The van der Waals surface area contributed by atoms with Gasteiger partial charge in [0.05, 0.1) is 130 Å². The van der Waals surface area contributed by atoms with Crippen LogP contribution in [0.3, 0.4) is 0 Å². The number of carbonyl (C=O) groups is 5. The smallest absolute Gasteiger partial charge is 0.317 e. The van der Waals surface area contributed by atoms with Crippen LogP contribution in [0.15, 0.2) is 47.5 Å². The van der Waals surface area contributed by atoms with Crippen LogP contribution >= 0.6 is 11.6 Å². The average molecular weight is 1080 g/mol. The number of aliphatic carboxylic acids is 2. The van der Waals surface area contributed by atoms with E-state index in [1.165, 1.54) is 9.80 Å². The molecule has 0 saturated heterocycles. The lowest BCUT2D eigenvalue weighted by molar-refractivity contribution is -0.141. The number of aliphatic imine (C=N–C) groups is 1. The van der Waals surface area contributed by atoms with Gasteiger partial charge < -0.3 is 86.2 Å². The third-order valence-electron chi connectivity index (χ3n) is 9.85. The zero-order valence-electron chi connectivity index (χ0n) is 42.4. The van der Waals surface area contributed by atoms with Crippen LogP contribution in [-0.2, 0) is 52.3 Å². The van der Waals surface area contributed by atoms with Gasteiger partial charge >= 0.3 is 18.0 Å². The number of nitrogens with one attached hydrogen (secondary N) is 5. The van der Waals surface area contributed by atoms with Gasteiger partial charge in [0.1, 0.15) is 12.4 Å². The van der Waals surface area contributed by atoms with Crippen LogP contribution in [0.1, 0.15) is 0 Å². The van der Waals surface area contributed by atoms with Crippen molar-refractivity contribution in [2.75, 3.05) is 178 Å². The fraction of sp³-hybridized carbons (Fsp3) is 0.574. The fourth-order valence-electron chi connectivity index (χ4n) is 6.46. The maximum absolute atomic E-state index is 12.6. The predicted octanol–water partition coefficient (Wildman–Crippen LogP) is -1.13.